The largest absolute Gasteiger partial charge is 0.479 e. The molecule has 0 heterocycles. The fraction of sp³-hybridized carbons (Fsp3) is 0.273. The van der Waals surface area contributed by atoms with E-state index in [1.54, 1.807) is 25.1 Å². The van der Waals surface area contributed by atoms with Crippen LogP contribution in [0.4, 0.5) is 0 Å². The summed E-state index contributed by atoms with van der Waals surface area (Å²) in [5.74, 6) is -1.07. The molecule has 0 fully saturated rings. The predicted octanol–water partition coefficient (Wildman–Crippen LogP) is 1.86. The van der Waals surface area contributed by atoms with Crippen molar-refractivity contribution in [1.29, 1.82) is 0 Å². The standard InChI is InChI=1S/C11H12ClNO3/c1-7-5-8(12)3-4-9(7)10(11(15)16)13(2)6-14/h3-6,10H,1-2H3,(H,15,16). The smallest absolute Gasteiger partial charge is 0.331 e. The third kappa shape index (κ3) is 2.52. The van der Waals surface area contributed by atoms with Crippen molar-refractivity contribution in [1.82, 2.24) is 4.90 Å². The zero-order valence-corrected chi connectivity index (χ0v) is 9.73. The van der Waals surface area contributed by atoms with Crippen LogP contribution in [0.1, 0.15) is 17.2 Å². The molecule has 1 unspecified atom stereocenters. The number of benzene rings is 1. The molecule has 1 aromatic carbocycles. The van der Waals surface area contributed by atoms with E-state index < -0.39 is 12.0 Å². The van der Waals surface area contributed by atoms with Crippen LogP contribution in [0.15, 0.2) is 18.2 Å². The van der Waals surface area contributed by atoms with Crippen LogP contribution in [0.25, 0.3) is 0 Å². The van der Waals surface area contributed by atoms with Crippen molar-refractivity contribution < 1.29 is 14.7 Å². The van der Waals surface area contributed by atoms with Crippen LogP contribution in [-0.4, -0.2) is 29.4 Å². The van der Waals surface area contributed by atoms with Gasteiger partial charge in [-0.05, 0) is 30.2 Å². The zero-order valence-electron chi connectivity index (χ0n) is 8.98. The van der Waals surface area contributed by atoms with E-state index in [4.69, 9.17) is 16.7 Å². The summed E-state index contributed by atoms with van der Waals surface area (Å²) in [6.07, 6.45) is 0.493. The minimum Gasteiger partial charge on any atom is -0.479 e. The molecule has 0 aromatic heterocycles. The van der Waals surface area contributed by atoms with Crippen molar-refractivity contribution in [2.75, 3.05) is 7.05 Å². The van der Waals surface area contributed by atoms with Crippen molar-refractivity contribution >= 4 is 24.0 Å². The number of carboxylic acid groups (broad SMARTS) is 1. The Balaban J connectivity index is 3.21. The Bertz CT molecular complexity index is 420. The van der Waals surface area contributed by atoms with Gasteiger partial charge in [0.2, 0.25) is 6.41 Å². The summed E-state index contributed by atoms with van der Waals surface area (Å²) >= 11 is 5.78. The van der Waals surface area contributed by atoms with Gasteiger partial charge in [-0.2, -0.15) is 0 Å². The van der Waals surface area contributed by atoms with Gasteiger partial charge in [0.15, 0.2) is 6.04 Å². The average molecular weight is 242 g/mol. The van der Waals surface area contributed by atoms with Crippen molar-refractivity contribution in [3.63, 3.8) is 0 Å². The van der Waals surface area contributed by atoms with E-state index in [1.807, 2.05) is 0 Å². The molecule has 0 saturated heterocycles. The summed E-state index contributed by atoms with van der Waals surface area (Å²) < 4.78 is 0. The van der Waals surface area contributed by atoms with Gasteiger partial charge in [0.1, 0.15) is 0 Å². The van der Waals surface area contributed by atoms with Gasteiger partial charge in [-0.25, -0.2) is 4.79 Å². The normalized spacial score (nSPS) is 11.9. The summed E-state index contributed by atoms with van der Waals surface area (Å²) in [7, 11) is 1.43. The Morgan fingerprint density at radius 3 is 2.62 bits per heavy atom. The molecule has 86 valence electrons. The van der Waals surface area contributed by atoms with Gasteiger partial charge in [-0.15, -0.1) is 0 Å². The second-order valence-corrected chi connectivity index (χ2v) is 3.95. The number of hydrogen-bond donors (Lipinski definition) is 1. The summed E-state index contributed by atoms with van der Waals surface area (Å²) in [5.41, 5.74) is 1.31. The van der Waals surface area contributed by atoms with E-state index in [0.717, 1.165) is 10.5 Å². The molecule has 0 spiro atoms. The number of hydrogen-bond acceptors (Lipinski definition) is 2. The summed E-state index contributed by atoms with van der Waals surface area (Å²) in [5, 5.41) is 9.63. The molecule has 0 bridgehead atoms. The highest BCUT2D eigenvalue weighted by Gasteiger charge is 2.25. The molecule has 0 aliphatic rings. The van der Waals surface area contributed by atoms with Crippen molar-refractivity contribution in [3.05, 3.63) is 34.3 Å². The number of carbonyl (C=O) groups excluding carboxylic acids is 1. The van der Waals surface area contributed by atoms with E-state index >= 15 is 0 Å². The van der Waals surface area contributed by atoms with E-state index in [0.29, 0.717) is 17.0 Å². The van der Waals surface area contributed by atoms with Crippen LogP contribution >= 0.6 is 11.6 Å². The molecule has 1 amide bonds. The molecule has 0 aliphatic carbocycles. The van der Waals surface area contributed by atoms with Crippen LogP contribution in [0.2, 0.25) is 5.02 Å². The third-order valence-electron chi connectivity index (χ3n) is 2.33. The summed E-state index contributed by atoms with van der Waals surface area (Å²) in [6.45, 7) is 1.76. The maximum atomic E-state index is 11.1. The first-order valence-electron chi connectivity index (χ1n) is 4.63. The number of carbonyl (C=O) groups is 2. The van der Waals surface area contributed by atoms with Crippen LogP contribution in [0.5, 0.6) is 0 Å². The molecule has 1 rings (SSSR count). The van der Waals surface area contributed by atoms with Crippen LogP contribution in [0, 0.1) is 6.92 Å². The number of halogens is 1. The Kier molecular flexibility index (Phi) is 3.90. The minimum absolute atomic E-state index is 0.493. The fourth-order valence-electron chi connectivity index (χ4n) is 1.53. The lowest BCUT2D eigenvalue weighted by Gasteiger charge is -2.22. The van der Waals surface area contributed by atoms with Crippen molar-refractivity contribution in [2.24, 2.45) is 0 Å². The molecule has 0 radical (unpaired) electrons. The number of amides is 1. The monoisotopic (exact) mass is 241 g/mol. The minimum atomic E-state index is -1.07. The van der Waals surface area contributed by atoms with E-state index in [1.165, 1.54) is 7.05 Å². The zero-order chi connectivity index (χ0) is 12.3. The second kappa shape index (κ2) is 4.99. The molecule has 16 heavy (non-hydrogen) atoms. The first-order valence-corrected chi connectivity index (χ1v) is 5.01. The van der Waals surface area contributed by atoms with Gasteiger partial charge in [-0.3, -0.25) is 4.79 Å². The molecular weight excluding hydrogens is 230 g/mol. The quantitative estimate of drug-likeness (QED) is 0.819. The van der Waals surface area contributed by atoms with E-state index in [-0.39, 0.29) is 0 Å². The molecule has 5 heteroatoms. The lowest BCUT2D eigenvalue weighted by atomic mass is 10.0. The van der Waals surface area contributed by atoms with Gasteiger partial charge in [-0.1, -0.05) is 17.7 Å². The van der Waals surface area contributed by atoms with Crippen LogP contribution in [0.3, 0.4) is 0 Å². The fourth-order valence-corrected chi connectivity index (χ4v) is 1.76. The number of nitrogens with zero attached hydrogens (tertiary/aromatic N) is 1. The first-order chi connectivity index (χ1) is 7.47. The highest BCUT2D eigenvalue weighted by atomic mass is 35.5. The molecule has 0 aliphatic heterocycles. The van der Waals surface area contributed by atoms with Crippen molar-refractivity contribution in [2.45, 2.75) is 13.0 Å². The lowest BCUT2D eigenvalue weighted by molar-refractivity contribution is -0.145. The van der Waals surface area contributed by atoms with Gasteiger partial charge < -0.3 is 10.0 Å². The van der Waals surface area contributed by atoms with Crippen molar-refractivity contribution in [3.8, 4) is 0 Å². The lowest BCUT2D eigenvalue weighted by Crippen LogP contribution is -2.30. The molecule has 0 saturated carbocycles. The number of aliphatic carboxylic acids is 1. The van der Waals surface area contributed by atoms with Gasteiger partial charge >= 0.3 is 5.97 Å². The average Bonchev–Trinajstić information content (AvgIpc) is 2.21. The molecule has 1 N–H and O–H groups in total. The molecular formula is C11H12ClNO3. The third-order valence-corrected chi connectivity index (χ3v) is 2.57. The van der Waals surface area contributed by atoms with E-state index in [9.17, 15) is 9.59 Å². The highest BCUT2D eigenvalue weighted by molar-refractivity contribution is 6.30. The Labute approximate surface area is 98.4 Å². The highest BCUT2D eigenvalue weighted by Crippen LogP contribution is 2.24. The maximum absolute atomic E-state index is 11.1. The number of carboxylic acids is 1. The SMILES string of the molecule is Cc1cc(Cl)ccc1C(C(=O)O)N(C)C=O. The number of likely N-dealkylation sites (N-methyl/N-ethyl adjacent to an activating group) is 1. The Hall–Kier alpha value is -1.55. The Morgan fingerprint density at radius 1 is 1.56 bits per heavy atom. The Morgan fingerprint density at radius 2 is 2.19 bits per heavy atom. The summed E-state index contributed by atoms with van der Waals surface area (Å²) in [6, 6.07) is 3.93. The molecule has 1 atom stereocenters. The van der Waals surface area contributed by atoms with Crippen LogP contribution in [-0.2, 0) is 9.59 Å². The molecule has 4 nitrogen and oxygen atoms in total. The first kappa shape index (κ1) is 12.5. The second-order valence-electron chi connectivity index (χ2n) is 3.51. The molecule has 1 aromatic rings. The number of aryl methyl sites for hydroxylation is 1. The number of rotatable bonds is 4. The van der Waals surface area contributed by atoms with Gasteiger partial charge in [0, 0.05) is 12.1 Å². The van der Waals surface area contributed by atoms with E-state index in [2.05, 4.69) is 0 Å². The van der Waals surface area contributed by atoms with Gasteiger partial charge in [0.25, 0.3) is 0 Å². The predicted molar refractivity (Wildman–Crippen MR) is 60.4 cm³/mol. The maximum Gasteiger partial charge on any atom is 0.331 e. The summed E-state index contributed by atoms with van der Waals surface area (Å²) in [4.78, 5) is 22.9. The topological polar surface area (TPSA) is 57.6 Å². The van der Waals surface area contributed by atoms with Gasteiger partial charge in [0.05, 0.1) is 0 Å². The van der Waals surface area contributed by atoms with Crippen LogP contribution < -0.4 is 0 Å².